The molecule has 2 N–H and O–H groups in total. The first kappa shape index (κ1) is 14.3. The van der Waals surface area contributed by atoms with Crippen molar-refractivity contribution in [3.05, 3.63) is 35.4 Å². The minimum absolute atomic E-state index is 0.108. The van der Waals surface area contributed by atoms with Gasteiger partial charge >= 0.3 is 0 Å². The molecule has 2 rings (SSSR count). The highest BCUT2D eigenvalue weighted by atomic mass is 19.3. The summed E-state index contributed by atoms with van der Waals surface area (Å²) in [6, 6.07) is 2.85. The van der Waals surface area contributed by atoms with Crippen LogP contribution >= 0.6 is 0 Å². The molecule has 1 aromatic rings. The molecule has 6 heteroatoms. The van der Waals surface area contributed by atoms with E-state index in [0.29, 0.717) is 19.4 Å². The van der Waals surface area contributed by atoms with Crippen LogP contribution in [0.4, 0.5) is 17.6 Å². The van der Waals surface area contributed by atoms with Gasteiger partial charge in [0.05, 0.1) is 6.54 Å². The Kier molecular flexibility index (Phi) is 4.76. The summed E-state index contributed by atoms with van der Waals surface area (Å²) in [6.07, 6.45) is -1.24. The number of hydrogen-bond acceptors (Lipinski definition) is 2. The van der Waals surface area contributed by atoms with Crippen LogP contribution in [0.25, 0.3) is 0 Å². The van der Waals surface area contributed by atoms with Crippen molar-refractivity contribution in [3.63, 3.8) is 0 Å². The molecule has 0 amide bonds. The van der Waals surface area contributed by atoms with Crippen LogP contribution in [-0.2, 0) is 0 Å². The zero-order chi connectivity index (χ0) is 13.8. The molecule has 2 nitrogen and oxygen atoms in total. The molecule has 1 aliphatic rings. The van der Waals surface area contributed by atoms with Crippen LogP contribution < -0.4 is 10.6 Å². The number of benzene rings is 1. The number of nitrogens with one attached hydrogen (secondary N) is 2. The average molecular weight is 276 g/mol. The number of halogens is 4. The quantitative estimate of drug-likeness (QED) is 0.826. The van der Waals surface area contributed by atoms with Crippen LogP contribution in [-0.4, -0.2) is 25.6 Å². The van der Waals surface area contributed by atoms with Crippen molar-refractivity contribution in [2.45, 2.75) is 31.4 Å². The molecular formula is C13H16F4N2. The summed E-state index contributed by atoms with van der Waals surface area (Å²) in [4.78, 5) is 0. The van der Waals surface area contributed by atoms with Crippen LogP contribution in [0.1, 0.15) is 24.4 Å². The zero-order valence-corrected chi connectivity index (χ0v) is 10.3. The molecule has 1 heterocycles. The van der Waals surface area contributed by atoms with Crippen molar-refractivity contribution in [2.24, 2.45) is 0 Å². The van der Waals surface area contributed by atoms with Crippen LogP contribution in [0, 0.1) is 11.6 Å². The van der Waals surface area contributed by atoms with E-state index < -0.39 is 18.1 Å². The highest BCUT2D eigenvalue weighted by molar-refractivity contribution is 5.23. The van der Waals surface area contributed by atoms with Crippen molar-refractivity contribution in [1.82, 2.24) is 10.6 Å². The van der Waals surface area contributed by atoms with Gasteiger partial charge in [0, 0.05) is 17.6 Å². The molecule has 1 fully saturated rings. The van der Waals surface area contributed by atoms with E-state index in [4.69, 9.17) is 0 Å². The molecule has 2 atom stereocenters. The largest absolute Gasteiger partial charge is 0.310 e. The molecule has 0 unspecified atom stereocenters. The molecule has 0 radical (unpaired) electrons. The second-order valence-corrected chi connectivity index (χ2v) is 4.69. The Bertz CT molecular complexity index is 425. The van der Waals surface area contributed by atoms with E-state index in [-0.39, 0.29) is 24.2 Å². The predicted octanol–water partition coefficient (Wildman–Crippen LogP) is 2.61. The Hall–Kier alpha value is -1.14. The maximum Gasteiger partial charge on any atom is 0.250 e. The smallest absolute Gasteiger partial charge is 0.250 e. The Labute approximate surface area is 109 Å². The van der Waals surface area contributed by atoms with Gasteiger partial charge in [0.25, 0.3) is 6.43 Å². The lowest BCUT2D eigenvalue weighted by Crippen LogP contribution is -2.43. The van der Waals surface area contributed by atoms with Gasteiger partial charge in [-0.3, -0.25) is 0 Å². The summed E-state index contributed by atoms with van der Waals surface area (Å²) in [5.74, 6) is -0.978. The van der Waals surface area contributed by atoms with Gasteiger partial charge in [-0.05, 0) is 37.6 Å². The molecule has 19 heavy (non-hydrogen) atoms. The van der Waals surface area contributed by atoms with E-state index in [0.717, 1.165) is 18.2 Å². The first-order chi connectivity index (χ1) is 9.06. The van der Waals surface area contributed by atoms with E-state index in [9.17, 15) is 17.6 Å². The first-order valence-corrected chi connectivity index (χ1v) is 6.26. The Morgan fingerprint density at radius 3 is 2.84 bits per heavy atom. The Balaban J connectivity index is 2.02. The topological polar surface area (TPSA) is 24.1 Å². The van der Waals surface area contributed by atoms with E-state index in [2.05, 4.69) is 10.6 Å². The third kappa shape index (κ3) is 3.91. The second kappa shape index (κ2) is 6.34. The monoisotopic (exact) mass is 276 g/mol. The summed E-state index contributed by atoms with van der Waals surface area (Å²) in [5, 5.41) is 5.84. The van der Waals surface area contributed by atoms with Gasteiger partial charge in [-0.15, -0.1) is 0 Å². The van der Waals surface area contributed by atoms with Crippen molar-refractivity contribution in [2.75, 3.05) is 13.1 Å². The standard InChI is InChI=1S/C13H16F4N2/c14-8-1-2-11(15)10(5-8)12-6-9(3-4-18-12)19-7-13(16)17/h1-2,5,9,12-13,18-19H,3-4,6-7H2/t9-,12+/m1/s1. The lowest BCUT2D eigenvalue weighted by Gasteiger charge is -2.31. The average Bonchev–Trinajstić information content (AvgIpc) is 2.39. The van der Waals surface area contributed by atoms with Gasteiger partial charge < -0.3 is 10.6 Å². The minimum atomic E-state index is -2.40. The van der Waals surface area contributed by atoms with Gasteiger partial charge in [-0.2, -0.15) is 0 Å². The summed E-state index contributed by atoms with van der Waals surface area (Å²) in [6.45, 7) is 0.213. The van der Waals surface area contributed by atoms with E-state index in [1.54, 1.807) is 0 Å². The van der Waals surface area contributed by atoms with Crippen LogP contribution in [0.15, 0.2) is 18.2 Å². The summed E-state index contributed by atoms with van der Waals surface area (Å²) in [7, 11) is 0. The Morgan fingerprint density at radius 1 is 1.32 bits per heavy atom. The van der Waals surface area contributed by atoms with Gasteiger partial charge in [0.2, 0.25) is 0 Å². The zero-order valence-electron chi connectivity index (χ0n) is 10.3. The molecule has 0 aliphatic carbocycles. The third-order valence-electron chi connectivity index (χ3n) is 3.30. The van der Waals surface area contributed by atoms with Crippen molar-refractivity contribution in [3.8, 4) is 0 Å². The third-order valence-corrected chi connectivity index (χ3v) is 3.30. The molecular weight excluding hydrogens is 260 g/mol. The maximum absolute atomic E-state index is 13.6. The van der Waals surface area contributed by atoms with Gasteiger partial charge in [-0.25, -0.2) is 17.6 Å². The first-order valence-electron chi connectivity index (χ1n) is 6.26. The molecule has 1 aromatic carbocycles. The lowest BCUT2D eigenvalue weighted by molar-refractivity contribution is 0.136. The number of hydrogen-bond donors (Lipinski definition) is 2. The summed E-state index contributed by atoms with van der Waals surface area (Å²) >= 11 is 0. The summed E-state index contributed by atoms with van der Waals surface area (Å²) < 4.78 is 51.1. The molecule has 0 saturated carbocycles. The molecule has 0 bridgehead atoms. The SMILES string of the molecule is Fc1ccc(F)c([C@@H]2C[C@H](NCC(F)F)CCN2)c1. The molecule has 0 spiro atoms. The normalized spacial score (nSPS) is 23.8. The number of rotatable bonds is 4. The van der Waals surface area contributed by atoms with Gasteiger partial charge in [-0.1, -0.05) is 0 Å². The van der Waals surface area contributed by atoms with Crippen LogP contribution in [0.2, 0.25) is 0 Å². The van der Waals surface area contributed by atoms with E-state index in [1.807, 2.05) is 0 Å². The van der Waals surface area contributed by atoms with Crippen LogP contribution in [0.5, 0.6) is 0 Å². The fourth-order valence-corrected chi connectivity index (χ4v) is 2.38. The minimum Gasteiger partial charge on any atom is -0.310 e. The van der Waals surface area contributed by atoms with E-state index >= 15 is 0 Å². The molecule has 106 valence electrons. The number of alkyl halides is 2. The van der Waals surface area contributed by atoms with Crippen molar-refractivity contribution >= 4 is 0 Å². The highest BCUT2D eigenvalue weighted by Crippen LogP contribution is 2.26. The maximum atomic E-state index is 13.6. The number of piperidine rings is 1. The summed E-state index contributed by atoms with van der Waals surface area (Å²) in [5.41, 5.74) is 0.253. The van der Waals surface area contributed by atoms with Gasteiger partial charge in [0.1, 0.15) is 11.6 Å². The van der Waals surface area contributed by atoms with Gasteiger partial charge in [0.15, 0.2) is 0 Å². The highest BCUT2D eigenvalue weighted by Gasteiger charge is 2.25. The lowest BCUT2D eigenvalue weighted by atomic mass is 9.93. The Morgan fingerprint density at radius 2 is 2.11 bits per heavy atom. The fourth-order valence-electron chi connectivity index (χ4n) is 2.38. The predicted molar refractivity (Wildman–Crippen MR) is 64.1 cm³/mol. The molecule has 1 aliphatic heterocycles. The molecule has 1 saturated heterocycles. The van der Waals surface area contributed by atoms with Crippen molar-refractivity contribution in [1.29, 1.82) is 0 Å². The van der Waals surface area contributed by atoms with E-state index in [1.165, 1.54) is 0 Å². The fraction of sp³-hybridized carbons (Fsp3) is 0.538. The molecule has 0 aromatic heterocycles. The van der Waals surface area contributed by atoms with Crippen LogP contribution in [0.3, 0.4) is 0 Å². The van der Waals surface area contributed by atoms with Crippen molar-refractivity contribution < 1.29 is 17.6 Å². The second-order valence-electron chi connectivity index (χ2n) is 4.69.